The smallest absolute Gasteiger partial charge is 0.220 e. The summed E-state index contributed by atoms with van der Waals surface area (Å²) >= 11 is 0. The second kappa shape index (κ2) is 40.6. The summed E-state index contributed by atoms with van der Waals surface area (Å²) in [6.45, 7) is 6.70. The summed E-state index contributed by atoms with van der Waals surface area (Å²) in [5, 5.41) is 13.9. The highest BCUT2D eigenvalue weighted by Crippen LogP contribution is 2.16. The van der Waals surface area contributed by atoms with Crippen LogP contribution in [0.4, 0.5) is 0 Å². The first-order chi connectivity index (χ1) is 23.7. The van der Waals surface area contributed by atoms with E-state index >= 15 is 0 Å². The first-order valence-corrected chi connectivity index (χ1v) is 22.3. The van der Waals surface area contributed by atoms with E-state index in [-0.39, 0.29) is 11.9 Å². The molecular formula is C45H89NO2. The number of carbonyl (C=O) groups is 1. The second-order valence-electron chi connectivity index (χ2n) is 15.4. The van der Waals surface area contributed by atoms with Crippen molar-refractivity contribution in [3.05, 3.63) is 12.2 Å². The van der Waals surface area contributed by atoms with Crippen LogP contribution in [-0.4, -0.2) is 23.2 Å². The fourth-order valence-electron chi connectivity index (χ4n) is 7.11. The van der Waals surface area contributed by atoms with Crippen LogP contribution in [0.2, 0.25) is 0 Å². The molecule has 0 spiro atoms. The van der Waals surface area contributed by atoms with Crippen LogP contribution in [0.5, 0.6) is 0 Å². The number of aliphatic hydroxyl groups excluding tert-OH is 1. The molecule has 1 amide bonds. The maximum Gasteiger partial charge on any atom is 0.220 e. The van der Waals surface area contributed by atoms with E-state index in [1.54, 1.807) is 0 Å². The third-order valence-corrected chi connectivity index (χ3v) is 10.4. The molecule has 2 N–H and O–H groups in total. The van der Waals surface area contributed by atoms with E-state index in [2.05, 4.69) is 32.2 Å². The lowest BCUT2D eigenvalue weighted by molar-refractivity contribution is -0.122. The molecule has 0 fully saturated rings. The van der Waals surface area contributed by atoms with Gasteiger partial charge in [-0.25, -0.2) is 0 Å². The summed E-state index contributed by atoms with van der Waals surface area (Å²) in [5.41, 5.74) is 0. The highest BCUT2D eigenvalue weighted by Gasteiger charge is 2.18. The SMILES string of the molecule is CCCCCCCCCCCCC/C=C/[C@@H](O)[C@H](CCC)NC(=O)CCCCCCCCCCCCCCCCCCCCCCCC. The number of carbonyl (C=O) groups excluding carboxylic acids is 1. The quantitative estimate of drug-likeness (QED) is 0.0501. The van der Waals surface area contributed by atoms with Crippen molar-refractivity contribution in [2.75, 3.05) is 0 Å². The van der Waals surface area contributed by atoms with Gasteiger partial charge in [0.05, 0.1) is 12.1 Å². The van der Waals surface area contributed by atoms with Crippen molar-refractivity contribution in [2.24, 2.45) is 0 Å². The topological polar surface area (TPSA) is 49.3 Å². The molecule has 0 aromatic rings. The number of aliphatic hydroxyl groups is 1. The van der Waals surface area contributed by atoms with Crippen LogP contribution in [0.3, 0.4) is 0 Å². The van der Waals surface area contributed by atoms with Crippen molar-refractivity contribution in [2.45, 2.75) is 270 Å². The van der Waals surface area contributed by atoms with E-state index in [0.29, 0.717) is 6.42 Å². The van der Waals surface area contributed by atoms with E-state index in [4.69, 9.17) is 0 Å². The second-order valence-corrected chi connectivity index (χ2v) is 15.4. The van der Waals surface area contributed by atoms with Gasteiger partial charge in [0.2, 0.25) is 5.91 Å². The van der Waals surface area contributed by atoms with Gasteiger partial charge < -0.3 is 10.4 Å². The lowest BCUT2D eigenvalue weighted by Gasteiger charge is -2.21. The van der Waals surface area contributed by atoms with Crippen LogP contribution in [0.15, 0.2) is 12.2 Å². The normalized spacial score (nSPS) is 13.0. The minimum Gasteiger partial charge on any atom is -0.387 e. The number of amides is 1. The third-order valence-electron chi connectivity index (χ3n) is 10.4. The van der Waals surface area contributed by atoms with Crippen molar-refractivity contribution >= 4 is 5.91 Å². The Morgan fingerprint density at radius 1 is 0.458 bits per heavy atom. The summed E-state index contributed by atoms with van der Waals surface area (Å²) < 4.78 is 0. The van der Waals surface area contributed by atoms with Crippen LogP contribution in [0.1, 0.15) is 258 Å². The van der Waals surface area contributed by atoms with Gasteiger partial charge >= 0.3 is 0 Å². The summed E-state index contributed by atoms with van der Waals surface area (Å²) in [7, 11) is 0. The van der Waals surface area contributed by atoms with Gasteiger partial charge in [0.15, 0.2) is 0 Å². The minimum absolute atomic E-state index is 0.111. The Morgan fingerprint density at radius 3 is 1.10 bits per heavy atom. The molecule has 3 nitrogen and oxygen atoms in total. The summed E-state index contributed by atoms with van der Waals surface area (Å²) in [6.07, 6.45) is 52.2. The average Bonchev–Trinajstić information content (AvgIpc) is 3.08. The number of hydrogen-bond donors (Lipinski definition) is 2. The predicted octanol–water partition coefficient (Wildman–Crippen LogP) is 14.9. The Hall–Kier alpha value is -0.830. The first kappa shape index (κ1) is 47.2. The van der Waals surface area contributed by atoms with Crippen LogP contribution < -0.4 is 5.32 Å². The van der Waals surface area contributed by atoms with Crippen LogP contribution in [0, 0.1) is 0 Å². The predicted molar refractivity (Wildman–Crippen MR) is 215 cm³/mol. The molecule has 48 heavy (non-hydrogen) atoms. The average molecular weight is 676 g/mol. The molecule has 0 aromatic carbocycles. The molecule has 0 aliphatic rings. The monoisotopic (exact) mass is 676 g/mol. The lowest BCUT2D eigenvalue weighted by Crippen LogP contribution is -2.42. The van der Waals surface area contributed by atoms with Crippen molar-refractivity contribution in [1.82, 2.24) is 5.32 Å². The van der Waals surface area contributed by atoms with Crippen molar-refractivity contribution < 1.29 is 9.90 Å². The summed E-state index contributed by atoms with van der Waals surface area (Å²) in [5.74, 6) is 0.111. The zero-order chi connectivity index (χ0) is 35.0. The number of allylic oxidation sites excluding steroid dienone is 1. The van der Waals surface area contributed by atoms with Crippen molar-refractivity contribution in [3.63, 3.8) is 0 Å². The van der Waals surface area contributed by atoms with Gasteiger partial charge in [-0.2, -0.15) is 0 Å². The van der Waals surface area contributed by atoms with Crippen LogP contribution >= 0.6 is 0 Å². The maximum atomic E-state index is 12.6. The Kier molecular flexibility index (Phi) is 39.9. The molecule has 0 aliphatic carbocycles. The molecule has 286 valence electrons. The van der Waals surface area contributed by atoms with E-state index in [1.807, 2.05) is 6.08 Å². The molecule has 0 radical (unpaired) electrons. The Labute approximate surface area is 303 Å². The molecule has 0 saturated heterocycles. The molecule has 0 aliphatic heterocycles. The molecule has 2 atom stereocenters. The summed E-state index contributed by atoms with van der Waals surface area (Å²) in [6, 6.07) is -0.157. The number of unbranched alkanes of at least 4 members (excludes halogenated alkanes) is 32. The number of hydrogen-bond acceptors (Lipinski definition) is 2. The Balaban J connectivity index is 3.59. The van der Waals surface area contributed by atoms with Crippen molar-refractivity contribution in [1.29, 1.82) is 0 Å². The van der Waals surface area contributed by atoms with Gasteiger partial charge in [-0.3, -0.25) is 4.79 Å². The van der Waals surface area contributed by atoms with E-state index < -0.39 is 6.10 Å². The van der Waals surface area contributed by atoms with Gasteiger partial charge in [-0.1, -0.05) is 238 Å². The molecule has 0 unspecified atom stereocenters. The maximum absolute atomic E-state index is 12.6. The Bertz CT molecular complexity index is 647. The van der Waals surface area contributed by atoms with Gasteiger partial charge in [-0.05, 0) is 25.7 Å². The minimum atomic E-state index is -0.578. The lowest BCUT2D eigenvalue weighted by atomic mass is 10.0. The Morgan fingerprint density at radius 2 is 0.771 bits per heavy atom. The standard InChI is InChI=1S/C45H89NO2/c1-4-7-9-11-13-15-17-19-20-21-22-23-24-25-26-27-29-31-33-35-37-39-42-45(48)46-43(40-6-3)44(47)41-38-36-34-32-30-28-18-16-14-12-10-8-5-2/h38,41,43-44,47H,4-37,39-40,42H2,1-3H3,(H,46,48)/b41-38+/t43-,44+/m0/s1. The zero-order valence-corrected chi connectivity index (χ0v) is 33.3. The number of rotatable bonds is 40. The molecule has 0 aromatic heterocycles. The fraction of sp³-hybridized carbons (Fsp3) is 0.933. The molecule has 3 heteroatoms. The van der Waals surface area contributed by atoms with Crippen LogP contribution in [0.25, 0.3) is 0 Å². The van der Waals surface area contributed by atoms with Gasteiger partial charge in [0, 0.05) is 6.42 Å². The highest BCUT2D eigenvalue weighted by atomic mass is 16.3. The van der Waals surface area contributed by atoms with Crippen LogP contribution in [-0.2, 0) is 4.79 Å². The molecular weight excluding hydrogens is 587 g/mol. The zero-order valence-electron chi connectivity index (χ0n) is 33.3. The molecule has 0 heterocycles. The summed E-state index contributed by atoms with van der Waals surface area (Å²) in [4.78, 5) is 12.6. The third kappa shape index (κ3) is 36.5. The molecule has 0 rings (SSSR count). The number of nitrogens with one attached hydrogen (secondary N) is 1. The van der Waals surface area contributed by atoms with E-state index in [0.717, 1.165) is 32.1 Å². The van der Waals surface area contributed by atoms with Crippen molar-refractivity contribution in [3.8, 4) is 0 Å². The first-order valence-electron chi connectivity index (χ1n) is 22.3. The van der Waals surface area contributed by atoms with Gasteiger partial charge in [0.25, 0.3) is 0 Å². The largest absolute Gasteiger partial charge is 0.387 e. The highest BCUT2D eigenvalue weighted by molar-refractivity contribution is 5.76. The van der Waals surface area contributed by atoms with Gasteiger partial charge in [0.1, 0.15) is 0 Å². The van der Waals surface area contributed by atoms with E-state index in [9.17, 15) is 9.90 Å². The van der Waals surface area contributed by atoms with E-state index in [1.165, 1.54) is 199 Å². The van der Waals surface area contributed by atoms with Gasteiger partial charge in [-0.15, -0.1) is 0 Å². The molecule has 0 saturated carbocycles. The molecule has 0 bridgehead atoms. The fourth-order valence-corrected chi connectivity index (χ4v) is 7.11.